The van der Waals surface area contributed by atoms with E-state index in [1.807, 2.05) is 12.1 Å². The second-order valence-corrected chi connectivity index (χ2v) is 5.45. The fourth-order valence-electron chi connectivity index (χ4n) is 2.00. The van der Waals surface area contributed by atoms with E-state index in [1.54, 1.807) is 12.3 Å². The number of thiazole rings is 1. The lowest BCUT2D eigenvalue weighted by molar-refractivity contribution is 0.102. The van der Waals surface area contributed by atoms with Crippen LogP contribution in [0, 0.1) is 11.8 Å². The third-order valence-corrected chi connectivity index (χ3v) is 3.83. The second kappa shape index (κ2) is 6.06. The summed E-state index contributed by atoms with van der Waals surface area (Å²) in [7, 11) is 0. The van der Waals surface area contributed by atoms with Crippen LogP contribution in [-0.2, 0) is 18.0 Å². The first kappa shape index (κ1) is 13.8. The van der Waals surface area contributed by atoms with Crippen molar-refractivity contribution in [2.24, 2.45) is 0 Å². The van der Waals surface area contributed by atoms with Crippen molar-refractivity contribution >= 4 is 22.4 Å². The first-order chi connectivity index (χ1) is 10.3. The first-order valence-electron chi connectivity index (χ1n) is 6.33. The molecule has 0 unspecified atom stereocenters. The van der Waals surface area contributed by atoms with E-state index >= 15 is 0 Å². The molecule has 2 heterocycles. The van der Waals surface area contributed by atoms with E-state index in [9.17, 15) is 4.79 Å². The predicted molar refractivity (Wildman–Crippen MR) is 79.0 cm³/mol. The van der Waals surface area contributed by atoms with E-state index < -0.39 is 0 Å². The summed E-state index contributed by atoms with van der Waals surface area (Å²) in [5.41, 5.74) is 2.76. The Hall–Kier alpha value is -2.20. The fraction of sp³-hybridized carbons (Fsp3) is 0.200. The Bertz CT molecular complexity index is 743. The number of anilines is 1. The molecule has 21 heavy (non-hydrogen) atoms. The number of benzene rings is 1. The van der Waals surface area contributed by atoms with E-state index in [2.05, 4.69) is 22.1 Å². The zero-order chi connectivity index (χ0) is 14.7. The van der Waals surface area contributed by atoms with E-state index in [0.29, 0.717) is 28.8 Å². The van der Waals surface area contributed by atoms with E-state index in [0.717, 1.165) is 11.1 Å². The van der Waals surface area contributed by atoms with E-state index in [4.69, 9.17) is 9.84 Å². The van der Waals surface area contributed by atoms with Crippen molar-refractivity contribution in [3.8, 4) is 11.8 Å². The number of aliphatic hydroxyl groups excluding tert-OH is 1. The summed E-state index contributed by atoms with van der Waals surface area (Å²) < 4.78 is 5.33. The maximum absolute atomic E-state index is 12.2. The van der Waals surface area contributed by atoms with Crippen LogP contribution in [0.4, 0.5) is 5.13 Å². The molecule has 0 spiro atoms. The van der Waals surface area contributed by atoms with Crippen molar-refractivity contribution in [2.75, 3.05) is 11.9 Å². The molecule has 1 amide bonds. The monoisotopic (exact) mass is 300 g/mol. The minimum Gasteiger partial charge on any atom is -0.384 e. The van der Waals surface area contributed by atoms with Gasteiger partial charge in [-0.05, 0) is 23.3 Å². The zero-order valence-corrected chi connectivity index (χ0v) is 11.9. The standard InChI is InChI=1S/C15H12N2O3S/c18-5-1-2-13-7-16-15(21-13)17-14(19)10-3-4-11-8-20-9-12(11)6-10/h3-4,6-7,18H,5,8-9H2,(H,16,17,19). The number of amides is 1. The number of nitrogens with one attached hydrogen (secondary N) is 1. The molecule has 0 saturated heterocycles. The number of aromatic nitrogens is 1. The normalized spacial score (nSPS) is 12.4. The van der Waals surface area contributed by atoms with Crippen LogP contribution in [-0.4, -0.2) is 22.6 Å². The van der Waals surface area contributed by atoms with Gasteiger partial charge in [-0.2, -0.15) is 0 Å². The number of hydrogen-bond donors (Lipinski definition) is 2. The minimum absolute atomic E-state index is 0.198. The summed E-state index contributed by atoms with van der Waals surface area (Å²) >= 11 is 1.27. The Morgan fingerprint density at radius 3 is 3.14 bits per heavy atom. The van der Waals surface area contributed by atoms with Gasteiger partial charge in [0.25, 0.3) is 5.91 Å². The lowest BCUT2D eigenvalue weighted by atomic mass is 10.1. The van der Waals surface area contributed by atoms with Crippen LogP contribution in [0.2, 0.25) is 0 Å². The van der Waals surface area contributed by atoms with Gasteiger partial charge in [-0.15, -0.1) is 0 Å². The van der Waals surface area contributed by atoms with Crippen molar-refractivity contribution in [1.82, 2.24) is 4.98 Å². The molecule has 0 aliphatic carbocycles. The van der Waals surface area contributed by atoms with Crippen molar-refractivity contribution in [3.05, 3.63) is 46.0 Å². The highest BCUT2D eigenvalue weighted by molar-refractivity contribution is 7.16. The Kier molecular flexibility index (Phi) is 3.97. The topological polar surface area (TPSA) is 71.5 Å². The van der Waals surface area contributed by atoms with Crippen LogP contribution in [0.3, 0.4) is 0 Å². The molecular weight excluding hydrogens is 288 g/mol. The Morgan fingerprint density at radius 1 is 1.43 bits per heavy atom. The average molecular weight is 300 g/mol. The van der Waals surface area contributed by atoms with Crippen molar-refractivity contribution < 1.29 is 14.6 Å². The summed E-state index contributed by atoms with van der Waals surface area (Å²) in [5, 5.41) is 11.9. The number of nitrogens with zero attached hydrogens (tertiary/aromatic N) is 1. The lowest BCUT2D eigenvalue weighted by Crippen LogP contribution is -2.11. The average Bonchev–Trinajstić information content (AvgIpc) is 3.12. The fourth-order valence-corrected chi connectivity index (χ4v) is 2.68. The first-order valence-corrected chi connectivity index (χ1v) is 7.14. The minimum atomic E-state index is -0.208. The molecular formula is C15H12N2O3S. The third kappa shape index (κ3) is 3.11. The number of aliphatic hydroxyl groups is 1. The maximum atomic E-state index is 12.2. The smallest absolute Gasteiger partial charge is 0.257 e. The SMILES string of the molecule is O=C(Nc1ncc(C#CCO)s1)c1ccc2c(c1)COC2. The number of fused-ring (bicyclic) bond motifs is 1. The van der Waals surface area contributed by atoms with Gasteiger partial charge in [0.15, 0.2) is 5.13 Å². The summed E-state index contributed by atoms with van der Waals surface area (Å²) in [6.45, 7) is 0.960. The van der Waals surface area contributed by atoms with Crippen LogP contribution >= 0.6 is 11.3 Å². The van der Waals surface area contributed by atoms with Crippen LogP contribution < -0.4 is 5.32 Å². The number of hydrogen-bond acceptors (Lipinski definition) is 5. The summed E-state index contributed by atoms with van der Waals surface area (Å²) in [6, 6.07) is 5.54. The summed E-state index contributed by atoms with van der Waals surface area (Å²) in [6.07, 6.45) is 1.57. The highest BCUT2D eigenvalue weighted by atomic mass is 32.1. The summed E-state index contributed by atoms with van der Waals surface area (Å²) in [4.78, 5) is 17.0. The van der Waals surface area contributed by atoms with Gasteiger partial charge in [0, 0.05) is 5.56 Å². The van der Waals surface area contributed by atoms with Crippen LogP contribution in [0.15, 0.2) is 24.4 Å². The molecule has 1 aliphatic rings. The van der Waals surface area contributed by atoms with Crippen molar-refractivity contribution in [2.45, 2.75) is 13.2 Å². The Morgan fingerprint density at radius 2 is 2.29 bits per heavy atom. The van der Waals surface area contributed by atoms with Gasteiger partial charge in [0.1, 0.15) is 6.61 Å². The van der Waals surface area contributed by atoms with Gasteiger partial charge in [-0.1, -0.05) is 29.2 Å². The molecule has 0 radical (unpaired) electrons. The van der Waals surface area contributed by atoms with E-state index in [1.165, 1.54) is 11.3 Å². The highest BCUT2D eigenvalue weighted by Crippen LogP contribution is 2.22. The number of ether oxygens (including phenoxy) is 1. The molecule has 5 nitrogen and oxygen atoms in total. The van der Waals surface area contributed by atoms with E-state index in [-0.39, 0.29) is 12.5 Å². The summed E-state index contributed by atoms with van der Waals surface area (Å²) in [5.74, 6) is 5.08. The van der Waals surface area contributed by atoms with Crippen molar-refractivity contribution in [3.63, 3.8) is 0 Å². The highest BCUT2D eigenvalue weighted by Gasteiger charge is 2.15. The van der Waals surface area contributed by atoms with Crippen LogP contribution in [0.5, 0.6) is 0 Å². The van der Waals surface area contributed by atoms with Crippen LogP contribution in [0.1, 0.15) is 26.4 Å². The molecule has 1 aromatic carbocycles. The molecule has 6 heteroatoms. The molecule has 0 fully saturated rings. The molecule has 1 aliphatic heterocycles. The molecule has 1 aromatic heterocycles. The number of carbonyl (C=O) groups is 1. The van der Waals surface area contributed by atoms with Crippen LogP contribution in [0.25, 0.3) is 0 Å². The zero-order valence-electron chi connectivity index (χ0n) is 11.0. The molecule has 106 valence electrons. The Balaban J connectivity index is 1.72. The lowest BCUT2D eigenvalue weighted by Gasteiger charge is -2.03. The van der Waals surface area contributed by atoms with Gasteiger partial charge in [-0.25, -0.2) is 4.98 Å². The largest absolute Gasteiger partial charge is 0.384 e. The van der Waals surface area contributed by atoms with Gasteiger partial charge in [0.05, 0.1) is 24.3 Å². The van der Waals surface area contributed by atoms with Crippen molar-refractivity contribution in [1.29, 1.82) is 0 Å². The third-order valence-electron chi connectivity index (χ3n) is 3.00. The van der Waals surface area contributed by atoms with Gasteiger partial charge >= 0.3 is 0 Å². The molecule has 0 bridgehead atoms. The quantitative estimate of drug-likeness (QED) is 0.829. The predicted octanol–water partition coefficient (Wildman–Crippen LogP) is 1.77. The molecule has 2 N–H and O–H groups in total. The number of carbonyl (C=O) groups excluding carboxylic acids is 1. The number of rotatable bonds is 2. The molecule has 0 atom stereocenters. The second-order valence-electron chi connectivity index (χ2n) is 4.42. The maximum Gasteiger partial charge on any atom is 0.257 e. The van der Waals surface area contributed by atoms with Gasteiger partial charge in [-0.3, -0.25) is 10.1 Å². The molecule has 3 rings (SSSR count). The molecule has 2 aromatic rings. The van der Waals surface area contributed by atoms with Gasteiger partial charge < -0.3 is 9.84 Å². The van der Waals surface area contributed by atoms with Gasteiger partial charge in [0.2, 0.25) is 0 Å². The molecule has 0 saturated carbocycles. The Labute approximate surface area is 125 Å².